The third-order valence-corrected chi connectivity index (χ3v) is 4.17. The highest BCUT2D eigenvalue weighted by molar-refractivity contribution is 7.08. The molecule has 0 radical (unpaired) electrons. The number of hydrogen-bond donors (Lipinski definition) is 3. The summed E-state index contributed by atoms with van der Waals surface area (Å²) in [4.78, 5) is 12.1. The molecule has 2 aromatic rings. The first-order valence-electron chi connectivity index (χ1n) is 6.65. The van der Waals surface area contributed by atoms with Gasteiger partial charge in [-0.1, -0.05) is 20.3 Å². The van der Waals surface area contributed by atoms with Gasteiger partial charge in [0.15, 0.2) is 0 Å². The summed E-state index contributed by atoms with van der Waals surface area (Å²) in [5, 5.41) is 23.0. The van der Waals surface area contributed by atoms with Gasteiger partial charge in [-0.15, -0.1) is 0 Å². The lowest BCUT2D eigenvalue weighted by atomic mass is 10.00. The molecule has 0 unspecified atom stereocenters. The van der Waals surface area contributed by atoms with Crippen LogP contribution >= 0.6 is 11.3 Å². The number of aromatic amines is 1. The van der Waals surface area contributed by atoms with Crippen LogP contribution in [0.5, 0.6) is 0 Å². The van der Waals surface area contributed by atoms with Crippen molar-refractivity contribution in [1.82, 2.24) is 15.5 Å². The highest BCUT2D eigenvalue weighted by Gasteiger charge is 2.19. The van der Waals surface area contributed by atoms with Crippen LogP contribution in [-0.2, 0) is 0 Å². The molecule has 0 aromatic carbocycles. The van der Waals surface area contributed by atoms with Crippen LogP contribution in [0.2, 0.25) is 0 Å². The fraction of sp³-hybridized carbons (Fsp3) is 0.429. The molecule has 0 aliphatic carbocycles. The summed E-state index contributed by atoms with van der Waals surface area (Å²) < 4.78 is 0. The number of aliphatic hydroxyl groups is 1. The number of aromatic nitrogens is 2. The minimum Gasteiger partial charge on any atom is -0.394 e. The van der Waals surface area contributed by atoms with Crippen LogP contribution in [0.15, 0.2) is 22.9 Å². The second kappa shape index (κ2) is 6.67. The molecular formula is C14H19N3O2S. The topological polar surface area (TPSA) is 78.0 Å². The van der Waals surface area contributed by atoms with Gasteiger partial charge < -0.3 is 10.4 Å². The number of aliphatic hydroxyl groups excluding tert-OH is 1. The number of amides is 1. The second-order valence-corrected chi connectivity index (χ2v) is 5.61. The lowest BCUT2D eigenvalue weighted by molar-refractivity contribution is 0.0886. The predicted molar refractivity (Wildman–Crippen MR) is 79.7 cm³/mol. The van der Waals surface area contributed by atoms with Crippen LogP contribution in [0.3, 0.4) is 0 Å². The average molecular weight is 293 g/mol. The third-order valence-electron chi connectivity index (χ3n) is 3.48. The number of carbonyl (C=O) groups is 1. The molecule has 20 heavy (non-hydrogen) atoms. The molecule has 2 aromatic heterocycles. The van der Waals surface area contributed by atoms with Crippen LogP contribution in [0.4, 0.5) is 0 Å². The van der Waals surface area contributed by atoms with Crippen molar-refractivity contribution in [1.29, 1.82) is 0 Å². The Morgan fingerprint density at radius 2 is 2.40 bits per heavy atom. The highest BCUT2D eigenvalue weighted by atomic mass is 32.1. The van der Waals surface area contributed by atoms with E-state index in [2.05, 4.69) is 15.5 Å². The Hall–Kier alpha value is -1.66. The molecule has 6 heteroatoms. The van der Waals surface area contributed by atoms with E-state index in [0.717, 1.165) is 17.7 Å². The van der Waals surface area contributed by atoms with Crippen LogP contribution in [0.25, 0.3) is 11.3 Å². The van der Waals surface area contributed by atoms with Gasteiger partial charge in [0.2, 0.25) is 0 Å². The fourth-order valence-corrected chi connectivity index (χ4v) is 2.54. The normalized spacial score (nSPS) is 13.9. The molecule has 0 aliphatic rings. The Bertz CT molecular complexity index is 551. The first-order valence-corrected chi connectivity index (χ1v) is 7.59. The third kappa shape index (κ3) is 3.26. The summed E-state index contributed by atoms with van der Waals surface area (Å²) in [7, 11) is 0. The fourth-order valence-electron chi connectivity index (χ4n) is 1.89. The van der Waals surface area contributed by atoms with Gasteiger partial charge in [-0.3, -0.25) is 9.89 Å². The van der Waals surface area contributed by atoms with E-state index < -0.39 is 0 Å². The summed E-state index contributed by atoms with van der Waals surface area (Å²) in [5.41, 5.74) is 2.15. The molecule has 0 saturated carbocycles. The van der Waals surface area contributed by atoms with Crippen LogP contribution in [-0.4, -0.2) is 33.9 Å². The van der Waals surface area contributed by atoms with Crippen molar-refractivity contribution in [2.75, 3.05) is 6.61 Å². The Morgan fingerprint density at radius 3 is 3.00 bits per heavy atom. The summed E-state index contributed by atoms with van der Waals surface area (Å²) in [6.45, 7) is 3.97. The van der Waals surface area contributed by atoms with Gasteiger partial charge in [-0.05, 0) is 23.4 Å². The minimum atomic E-state index is -0.238. The van der Waals surface area contributed by atoms with Gasteiger partial charge >= 0.3 is 0 Å². The van der Waals surface area contributed by atoms with E-state index in [4.69, 9.17) is 0 Å². The summed E-state index contributed by atoms with van der Waals surface area (Å²) >= 11 is 1.59. The summed E-state index contributed by atoms with van der Waals surface area (Å²) in [6, 6.07) is 3.45. The summed E-state index contributed by atoms with van der Waals surface area (Å²) in [5.74, 6) is -0.0125. The molecule has 108 valence electrons. The SMILES string of the molecule is CC[C@H](C)[C@@H](CO)NC(=O)c1cc(-c2ccsc2)n[nH]1. The molecule has 2 heterocycles. The van der Waals surface area contributed by atoms with Crippen LogP contribution < -0.4 is 5.32 Å². The summed E-state index contributed by atoms with van der Waals surface area (Å²) in [6.07, 6.45) is 0.897. The largest absolute Gasteiger partial charge is 0.394 e. The van der Waals surface area contributed by atoms with Gasteiger partial charge in [0, 0.05) is 10.9 Å². The van der Waals surface area contributed by atoms with Gasteiger partial charge in [-0.2, -0.15) is 16.4 Å². The molecule has 2 atom stereocenters. The number of nitrogens with one attached hydrogen (secondary N) is 2. The molecule has 0 spiro atoms. The molecule has 2 rings (SSSR count). The van der Waals surface area contributed by atoms with Crippen molar-refractivity contribution in [3.8, 4) is 11.3 Å². The van der Waals surface area contributed by atoms with Crippen molar-refractivity contribution >= 4 is 17.2 Å². The quantitative estimate of drug-likeness (QED) is 0.764. The van der Waals surface area contributed by atoms with Gasteiger partial charge in [0.05, 0.1) is 18.3 Å². The standard InChI is InChI=1S/C14H19N3O2S/c1-3-9(2)13(7-18)15-14(19)12-6-11(16-17-12)10-4-5-20-8-10/h4-6,8-9,13,18H,3,7H2,1-2H3,(H,15,19)(H,16,17)/t9-,13+/m0/s1. The number of rotatable bonds is 6. The number of carbonyl (C=O) groups excluding carboxylic acids is 1. The number of H-pyrrole nitrogens is 1. The number of thiophene rings is 1. The van der Waals surface area contributed by atoms with Crippen molar-refractivity contribution in [3.63, 3.8) is 0 Å². The van der Waals surface area contributed by atoms with Gasteiger partial charge in [0.1, 0.15) is 5.69 Å². The van der Waals surface area contributed by atoms with Crippen molar-refractivity contribution in [2.45, 2.75) is 26.3 Å². The van der Waals surface area contributed by atoms with Crippen molar-refractivity contribution in [3.05, 3.63) is 28.6 Å². The van der Waals surface area contributed by atoms with Crippen LogP contribution in [0.1, 0.15) is 30.8 Å². The van der Waals surface area contributed by atoms with Crippen molar-refractivity contribution in [2.24, 2.45) is 5.92 Å². The Morgan fingerprint density at radius 1 is 1.60 bits per heavy atom. The highest BCUT2D eigenvalue weighted by Crippen LogP contribution is 2.20. The zero-order valence-corrected chi connectivity index (χ0v) is 12.4. The first-order chi connectivity index (χ1) is 9.65. The van der Waals surface area contributed by atoms with Crippen LogP contribution in [0, 0.1) is 5.92 Å². The maximum Gasteiger partial charge on any atom is 0.269 e. The Labute approximate surface area is 122 Å². The van der Waals surface area contributed by atoms with Gasteiger partial charge in [-0.25, -0.2) is 0 Å². The Balaban J connectivity index is 2.06. The molecule has 0 saturated heterocycles. The van der Waals surface area contributed by atoms with E-state index in [1.807, 2.05) is 30.7 Å². The lowest BCUT2D eigenvalue weighted by Crippen LogP contribution is -2.42. The molecule has 5 nitrogen and oxygen atoms in total. The van der Waals surface area contributed by atoms with Gasteiger partial charge in [0.25, 0.3) is 5.91 Å². The molecule has 1 amide bonds. The molecular weight excluding hydrogens is 274 g/mol. The molecule has 0 bridgehead atoms. The van der Waals surface area contributed by atoms with E-state index >= 15 is 0 Å². The molecule has 0 aliphatic heterocycles. The van der Waals surface area contributed by atoms with E-state index in [0.29, 0.717) is 5.69 Å². The maximum atomic E-state index is 12.1. The molecule has 3 N–H and O–H groups in total. The lowest BCUT2D eigenvalue weighted by Gasteiger charge is -2.21. The first kappa shape index (κ1) is 14.7. The zero-order chi connectivity index (χ0) is 14.5. The minimum absolute atomic E-state index is 0.0632. The van der Waals surface area contributed by atoms with Crippen molar-refractivity contribution < 1.29 is 9.90 Å². The predicted octanol–water partition coefficient (Wildman–Crippen LogP) is 2.27. The Kier molecular flexibility index (Phi) is 4.92. The zero-order valence-electron chi connectivity index (χ0n) is 11.6. The smallest absolute Gasteiger partial charge is 0.269 e. The molecule has 0 fully saturated rings. The van der Waals surface area contributed by atoms with E-state index in [1.165, 1.54) is 0 Å². The maximum absolute atomic E-state index is 12.1. The van der Waals surface area contributed by atoms with E-state index in [-0.39, 0.29) is 24.5 Å². The van der Waals surface area contributed by atoms with E-state index in [1.54, 1.807) is 17.4 Å². The monoisotopic (exact) mass is 293 g/mol. The second-order valence-electron chi connectivity index (χ2n) is 4.83. The number of nitrogens with zero attached hydrogens (tertiary/aromatic N) is 1. The number of hydrogen-bond acceptors (Lipinski definition) is 4. The average Bonchev–Trinajstić information content (AvgIpc) is 3.13. The van der Waals surface area contributed by atoms with E-state index in [9.17, 15) is 9.90 Å².